The van der Waals surface area contributed by atoms with Gasteiger partial charge in [-0.1, -0.05) is 19.1 Å². The predicted octanol–water partition coefficient (Wildman–Crippen LogP) is 0.913. The van der Waals surface area contributed by atoms with Crippen LogP contribution in [-0.4, -0.2) is 26.2 Å². The second-order valence-corrected chi connectivity index (χ2v) is 4.71. The summed E-state index contributed by atoms with van der Waals surface area (Å²) >= 11 is 4.98. The normalized spacial score (nSPS) is 14.1. The molecule has 0 saturated heterocycles. The molecule has 5 nitrogen and oxygen atoms in total. The number of hydrogen-bond acceptors (Lipinski definition) is 3. The van der Waals surface area contributed by atoms with Crippen molar-refractivity contribution in [2.75, 3.05) is 0 Å². The summed E-state index contributed by atoms with van der Waals surface area (Å²) in [4.78, 5) is 12.4. The maximum Gasteiger partial charge on any atom is 0.255 e. The van der Waals surface area contributed by atoms with Gasteiger partial charge in [-0.3, -0.25) is 9.48 Å². The molecule has 0 fully saturated rings. The van der Waals surface area contributed by atoms with E-state index in [0.29, 0.717) is 12.0 Å². The maximum atomic E-state index is 12.1. The van der Waals surface area contributed by atoms with E-state index in [2.05, 4.69) is 10.4 Å². The molecule has 3 N–H and O–H groups in total. The Labute approximate surface area is 106 Å². The zero-order chi connectivity index (χ0) is 13.2. The molecule has 0 bridgehead atoms. The van der Waals surface area contributed by atoms with Crippen LogP contribution in [0.2, 0.25) is 0 Å². The number of amides is 1. The summed E-state index contributed by atoms with van der Waals surface area (Å²) in [5.41, 5.74) is 6.34. The molecule has 0 radical (unpaired) electrons. The smallest absolute Gasteiger partial charge is 0.255 e. The fourth-order valence-electron chi connectivity index (χ4n) is 1.36. The predicted molar refractivity (Wildman–Crippen MR) is 70.9 cm³/mol. The zero-order valence-corrected chi connectivity index (χ0v) is 11.4. The summed E-state index contributed by atoms with van der Waals surface area (Å²) in [5.74, 6) is -0.201. The molecular weight excluding hydrogens is 236 g/mol. The summed E-state index contributed by atoms with van der Waals surface area (Å²) in [6, 6.07) is 0. The Morgan fingerprint density at radius 3 is 2.65 bits per heavy atom. The number of carbonyl (C=O) groups excluding carboxylic acids is 1. The topological polar surface area (TPSA) is 72.9 Å². The molecule has 0 saturated carbocycles. The van der Waals surface area contributed by atoms with Crippen LogP contribution in [0.1, 0.15) is 36.3 Å². The van der Waals surface area contributed by atoms with Gasteiger partial charge in [0.25, 0.3) is 5.91 Å². The van der Waals surface area contributed by atoms with Crippen LogP contribution in [0.25, 0.3) is 0 Å². The largest absolute Gasteiger partial charge is 0.391 e. The Hall–Kier alpha value is -1.43. The first-order valence-corrected chi connectivity index (χ1v) is 5.83. The maximum absolute atomic E-state index is 12.1. The molecule has 6 heteroatoms. The average molecular weight is 254 g/mol. The highest BCUT2D eigenvalue weighted by atomic mass is 32.1. The number of carbonyl (C=O) groups is 1. The fraction of sp³-hybridized carbons (Fsp3) is 0.545. The van der Waals surface area contributed by atoms with Crippen molar-refractivity contribution in [3.8, 4) is 0 Å². The van der Waals surface area contributed by atoms with Gasteiger partial charge in [0.15, 0.2) is 0 Å². The number of hydrogen-bond donors (Lipinski definition) is 2. The molecule has 0 aromatic carbocycles. The number of nitrogens with zero attached hydrogens (tertiary/aromatic N) is 2. The van der Waals surface area contributed by atoms with Crippen molar-refractivity contribution in [1.82, 2.24) is 15.1 Å². The molecule has 0 aliphatic heterocycles. The van der Waals surface area contributed by atoms with E-state index in [0.717, 1.165) is 5.69 Å². The van der Waals surface area contributed by atoms with E-state index in [4.69, 9.17) is 18.0 Å². The highest BCUT2D eigenvalue weighted by Crippen LogP contribution is 2.13. The second-order valence-electron chi connectivity index (χ2n) is 4.27. The molecule has 17 heavy (non-hydrogen) atoms. The van der Waals surface area contributed by atoms with Gasteiger partial charge in [0.1, 0.15) is 0 Å². The van der Waals surface area contributed by atoms with Gasteiger partial charge in [0, 0.05) is 12.7 Å². The highest BCUT2D eigenvalue weighted by molar-refractivity contribution is 7.80. The molecule has 1 unspecified atom stereocenters. The number of thiocarbonyl (C=S) groups is 1. The average Bonchev–Trinajstić information content (AvgIpc) is 2.59. The van der Waals surface area contributed by atoms with Crippen LogP contribution in [0.3, 0.4) is 0 Å². The first kappa shape index (κ1) is 13.6. The SMILES string of the molecule is CCC(C)(NC(=O)c1cnn(C)c1C)C(N)=S. The molecule has 1 rings (SSSR count). The summed E-state index contributed by atoms with van der Waals surface area (Å²) in [6.07, 6.45) is 2.19. The van der Waals surface area contributed by atoms with Crippen molar-refractivity contribution in [3.63, 3.8) is 0 Å². The van der Waals surface area contributed by atoms with Gasteiger partial charge in [-0.25, -0.2) is 0 Å². The second kappa shape index (κ2) is 4.83. The van der Waals surface area contributed by atoms with Crippen LogP contribution in [0.5, 0.6) is 0 Å². The lowest BCUT2D eigenvalue weighted by Gasteiger charge is -2.28. The van der Waals surface area contributed by atoms with Crippen molar-refractivity contribution in [3.05, 3.63) is 17.5 Å². The van der Waals surface area contributed by atoms with E-state index in [-0.39, 0.29) is 10.9 Å². The van der Waals surface area contributed by atoms with E-state index in [1.54, 1.807) is 17.9 Å². The van der Waals surface area contributed by atoms with E-state index in [1.807, 2.05) is 20.8 Å². The van der Waals surface area contributed by atoms with Gasteiger partial charge in [-0.2, -0.15) is 5.10 Å². The third-order valence-corrected chi connectivity index (χ3v) is 3.57. The van der Waals surface area contributed by atoms with E-state index in [1.165, 1.54) is 0 Å². The Bertz CT molecular complexity index is 454. The van der Waals surface area contributed by atoms with Crippen molar-refractivity contribution in [2.45, 2.75) is 32.7 Å². The third-order valence-electron chi connectivity index (χ3n) is 3.12. The Morgan fingerprint density at radius 2 is 2.29 bits per heavy atom. The zero-order valence-electron chi connectivity index (χ0n) is 10.6. The van der Waals surface area contributed by atoms with Gasteiger partial charge in [0.05, 0.1) is 22.3 Å². The highest BCUT2D eigenvalue weighted by Gasteiger charge is 2.29. The van der Waals surface area contributed by atoms with Crippen molar-refractivity contribution >= 4 is 23.1 Å². The third kappa shape index (κ3) is 2.63. The number of nitrogens with two attached hydrogens (primary N) is 1. The Kier molecular flexibility index (Phi) is 3.87. The first-order chi connectivity index (χ1) is 7.81. The van der Waals surface area contributed by atoms with E-state index in [9.17, 15) is 4.79 Å². The molecule has 1 amide bonds. The van der Waals surface area contributed by atoms with Crippen molar-refractivity contribution < 1.29 is 4.79 Å². The lowest BCUT2D eigenvalue weighted by molar-refractivity contribution is 0.0926. The molecule has 1 heterocycles. The number of aromatic nitrogens is 2. The first-order valence-electron chi connectivity index (χ1n) is 5.43. The van der Waals surface area contributed by atoms with Crippen LogP contribution in [0, 0.1) is 6.92 Å². The number of rotatable bonds is 4. The standard InChI is InChI=1S/C11H18N4OS/c1-5-11(3,10(12)17)14-9(16)8-6-13-15(4)7(8)2/h6H,5H2,1-4H3,(H2,12,17)(H,14,16). The Balaban J connectivity index is 2.93. The molecule has 1 aromatic heterocycles. The number of nitrogens with one attached hydrogen (secondary N) is 1. The fourth-order valence-corrected chi connectivity index (χ4v) is 1.56. The lowest BCUT2D eigenvalue weighted by Crippen LogP contribution is -2.54. The minimum Gasteiger partial charge on any atom is -0.391 e. The quantitative estimate of drug-likeness (QED) is 0.783. The molecule has 1 aromatic rings. The van der Waals surface area contributed by atoms with Gasteiger partial charge < -0.3 is 11.1 Å². The molecule has 0 aliphatic rings. The van der Waals surface area contributed by atoms with Gasteiger partial charge in [0.2, 0.25) is 0 Å². The minimum atomic E-state index is -0.658. The van der Waals surface area contributed by atoms with Crippen molar-refractivity contribution in [2.24, 2.45) is 12.8 Å². The van der Waals surface area contributed by atoms with Gasteiger partial charge >= 0.3 is 0 Å². The summed E-state index contributed by atoms with van der Waals surface area (Å²) < 4.78 is 1.65. The van der Waals surface area contributed by atoms with E-state index >= 15 is 0 Å². The molecule has 0 spiro atoms. The van der Waals surface area contributed by atoms with E-state index < -0.39 is 5.54 Å². The lowest BCUT2D eigenvalue weighted by atomic mass is 9.98. The molecule has 1 atom stereocenters. The van der Waals surface area contributed by atoms with Crippen LogP contribution >= 0.6 is 12.2 Å². The minimum absolute atomic E-state index is 0.201. The Morgan fingerprint density at radius 1 is 1.71 bits per heavy atom. The molecule has 0 aliphatic carbocycles. The van der Waals surface area contributed by atoms with Crippen LogP contribution in [0.15, 0.2) is 6.20 Å². The van der Waals surface area contributed by atoms with Crippen LogP contribution in [-0.2, 0) is 7.05 Å². The summed E-state index contributed by atoms with van der Waals surface area (Å²) in [7, 11) is 1.79. The van der Waals surface area contributed by atoms with Crippen LogP contribution in [0.4, 0.5) is 0 Å². The van der Waals surface area contributed by atoms with Crippen LogP contribution < -0.4 is 11.1 Å². The van der Waals surface area contributed by atoms with Gasteiger partial charge in [-0.15, -0.1) is 0 Å². The molecule has 94 valence electrons. The molecular formula is C11H18N4OS. The van der Waals surface area contributed by atoms with Gasteiger partial charge in [-0.05, 0) is 20.3 Å². The monoisotopic (exact) mass is 254 g/mol. The van der Waals surface area contributed by atoms with Crippen molar-refractivity contribution in [1.29, 1.82) is 0 Å². The number of aryl methyl sites for hydroxylation is 1. The summed E-state index contributed by atoms with van der Waals surface area (Å²) in [5, 5.41) is 6.88. The summed E-state index contributed by atoms with van der Waals surface area (Å²) in [6.45, 7) is 5.58.